The van der Waals surface area contributed by atoms with E-state index in [4.69, 9.17) is 63.3 Å². The van der Waals surface area contributed by atoms with Crippen LogP contribution < -0.4 is 0 Å². The number of hydrogen-bond donors (Lipinski definition) is 0. The van der Waals surface area contributed by atoms with Crippen molar-refractivity contribution in [1.82, 2.24) is 9.97 Å². The van der Waals surface area contributed by atoms with Crippen molar-refractivity contribution in [3.63, 3.8) is 0 Å². The van der Waals surface area contributed by atoms with Gasteiger partial charge in [-0.3, -0.25) is 0 Å². The zero-order chi connectivity index (χ0) is 15.8. The van der Waals surface area contributed by atoms with E-state index in [1.54, 1.807) is 18.3 Å². The van der Waals surface area contributed by atoms with E-state index in [0.29, 0.717) is 27.5 Å². The normalized spacial score (nSPS) is 9.09. The zero-order valence-corrected chi connectivity index (χ0v) is 16.4. The minimum Gasteiger partial charge on any atom is -0.243 e. The van der Waals surface area contributed by atoms with Crippen LogP contribution in [-0.2, 0) is 12.3 Å². The predicted octanol–water partition coefficient (Wildman–Crippen LogP) is 5.64. The molecule has 0 fully saturated rings. The Morgan fingerprint density at radius 1 is 0.909 bits per heavy atom. The summed E-state index contributed by atoms with van der Waals surface area (Å²) in [6.45, 7) is 0. The number of rotatable bonds is 2. The van der Waals surface area contributed by atoms with E-state index in [2.05, 4.69) is 9.97 Å². The smallest absolute Gasteiger partial charge is 0.147 e. The highest BCUT2D eigenvalue weighted by Crippen LogP contribution is 2.20. The van der Waals surface area contributed by atoms with Crippen molar-refractivity contribution >= 4 is 67.9 Å². The van der Waals surface area contributed by atoms with E-state index < -0.39 is 0 Å². The molecule has 0 radical (unpaired) electrons. The van der Waals surface area contributed by atoms with Gasteiger partial charge in [-0.25, -0.2) is 9.97 Å². The molecule has 0 spiro atoms. The van der Waals surface area contributed by atoms with Crippen molar-refractivity contribution < 1.29 is 0 Å². The average Bonchev–Trinajstić information content (AvgIpc) is 2.47. The number of aromatic nitrogens is 2. The number of pyridine rings is 2. The van der Waals surface area contributed by atoms with Crippen molar-refractivity contribution in [2.45, 2.75) is 12.3 Å². The maximum atomic E-state index is 8.33. The fourth-order valence-corrected chi connectivity index (χ4v) is 1.91. The Kier molecular flexibility index (Phi) is 11.1. The molecule has 9 heteroatoms. The second kappa shape index (κ2) is 11.2. The number of nitriles is 1. The molecule has 2 aromatic rings. The van der Waals surface area contributed by atoms with Gasteiger partial charge in [-0.1, -0.05) is 46.4 Å². The minimum absolute atomic E-state index is 0. The van der Waals surface area contributed by atoms with Crippen LogP contribution in [0.3, 0.4) is 0 Å². The van der Waals surface area contributed by atoms with Crippen LogP contribution in [0.4, 0.5) is 0 Å². The largest absolute Gasteiger partial charge is 0.243 e. The fourth-order valence-electron chi connectivity index (χ4n) is 1.18. The van der Waals surface area contributed by atoms with Gasteiger partial charge in [0.1, 0.15) is 10.3 Å². The average molecular weight is 417 g/mol. The third-order valence-corrected chi connectivity index (χ3v) is 3.82. The van der Waals surface area contributed by atoms with Crippen LogP contribution >= 0.6 is 67.9 Å². The summed E-state index contributed by atoms with van der Waals surface area (Å²) >= 11 is 27.9. The van der Waals surface area contributed by atoms with Gasteiger partial charge < -0.3 is 0 Å². The van der Waals surface area contributed by atoms with E-state index in [-0.39, 0.29) is 15.1 Å². The molecule has 22 heavy (non-hydrogen) atoms. The van der Waals surface area contributed by atoms with Gasteiger partial charge in [0.05, 0.1) is 22.5 Å². The number of nitrogens with zero attached hydrogens (tertiary/aromatic N) is 3. The zero-order valence-electron chi connectivity index (χ0n) is 11.2. The van der Waals surface area contributed by atoms with Gasteiger partial charge in [0.2, 0.25) is 0 Å². The number of halogens is 5. The molecule has 0 aliphatic heterocycles. The first-order valence-electron chi connectivity index (χ1n) is 5.50. The lowest BCUT2D eigenvalue weighted by Crippen LogP contribution is -1.84. The maximum absolute atomic E-state index is 8.33. The van der Waals surface area contributed by atoms with Gasteiger partial charge in [0, 0.05) is 18.3 Å². The molecule has 0 bridgehead atoms. The topological polar surface area (TPSA) is 49.6 Å². The van der Waals surface area contributed by atoms with E-state index in [9.17, 15) is 0 Å². The van der Waals surface area contributed by atoms with Crippen molar-refractivity contribution in [3.8, 4) is 6.07 Å². The highest BCUT2D eigenvalue weighted by Gasteiger charge is 1.99. The molecule has 0 aromatic carbocycles. The molecule has 0 saturated carbocycles. The summed E-state index contributed by atoms with van der Waals surface area (Å²) in [6.07, 6.45) is 3.45. The molecule has 1 unspecified atom stereocenters. The lowest BCUT2D eigenvalue weighted by Gasteiger charge is -1.95. The Hall–Kier alpha value is -0.330. The van der Waals surface area contributed by atoms with Gasteiger partial charge in [0.25, 0.3) is 0 Å². The molecular formula is C13H11Cl5N3P. The van der Waals surface area contributed by atoms with Crippen LogP contribution in [0, 0.1) is 11.3 Å². The van der Waals surface area contributed by atoms with Crippen molar-refractivity contribution in [2.24, 2.45) is 0 Å². The molecule has 2 heterocycles. The van der Waals surface area contributed by atoms with Crippen LogP contribution in [0.15, 0.2) is 24.5 Å². The van der Waals surface area contributed by atoms with Gasteiger partial charge in [-0.05, 0) is 23.3 Å². The Morgan fingerprint density at radius 2 is 1.36 bits per heavy atom. The van der Waals surface area contributed by atoms with E-state index in [1.165, 1.54) is 6.20 Å². The molecule has 1 atom stereocenters. The minimum atomic E-state index is 0. The predicted molar refractivity (Wildman–Crippen MR) is 98.5 cm³/mol. The monoisotopic (exact) mass is 415 g/mol. The van der Waals surface area contributed by atoms with Gasteiger partial charge in [-0.2, -0.15) is 15.2 Å². The third-order valence-electron chi connectivity index (χ3n) is 2.14. The summed E-state index contributed by atoms with van der Waals surface area (Å²) in [6, 6.07) is 5.33. The Morgan fingerprint density at radius 3 is 1.77 bits per heavy atom. The molecule has 0 aliphatic rings. The van der Waals surface area contributed by atoms with Crippen molar-refractivity contribution in [1.29, 1.82) is 5.26 Å². The van der Waals surface area contributed by atoms with Crippen molar-refractivity contribution in [2.75, 3.05) is 0 Å². The lowest BCUT2D eigenvalue weighted by molar-refractivity contribution is 1.19. The second-order valence-corrected chi connectivity index (χ2v) is 5.50. The molecule has 0 N–H and O–H groups in total. The maximum Gasteiger partial charge on any atom is 0.147 e. The van der Waals surface area contributed by atoms with Gasteiger partial charge in [-0.15, -0.1) is 11.6 Å². The summed E-state index contributed by atoms with van der Waals surface area (Å²) in [4.78, 5) is 7.58. The first kappa shape index (κ1) is 21.7. The van der Waals surface area contributed by atoms with Gasteiger partial charge in [0.15, 0.2) is 0 Å². The highest BCUT2D eigenvalue weighted by molar-refractivity contribution is 6.92. The third kappa shape index (κ3) is 7.29. The standard InChI is InChI=1S/C7H4Cl2N2.C6H4Cl3N.H3P/c8-6-3-5(1-2-10)4-11-7(6)9;7-2-4-1-5(8)6(9)10-3-4;/h3-4H,1H2;1,3H,2H2;1H3. The quantitative estimate of drug-likeness (QED) is 0.361. The molecule has 0 aliphatic carbocycles. The molecule has 2 aromatic heterocycles. The molecule has 3 nitrogen and oxygen atoms in total. The summed E-state index contributed by atoms with van der Waals surface area (Å²) in [7, 11) is 0. The summed E-state index contributed by atoms with van der Waals surface area (Å²) in [5, 5.41) is 9.75. The van der Waals surface area contributed by atoms with E-state index >= 15 is 0 Å². The Bertz CT molecular complexity index is 661. The van der Waals surface area contributed by atoms with Crippen LogP contribution in [0.25, 0.3) is 0 Å². The summed E-state index contributed by atoms with van der Waals surface area (Å²) < 4.78 is 0. The summed E-state index contributed by atoms with van der Waals surface area (Å²) in [5.74, 6) is 0.407. The Balaban J connectivity index is 0.000000385. The first-order valence-corrected chi connectivity index (χ1v) is 7.55. The number of hydrogen-bond acceptors (Lipinski definition) is 3. The Labute approximate surface area is 157 Å². The molecule has 0 amide bonds. The second-order valence-electron chi connectivity index (χ2n) is 3.70. The fraction of sp³-hybridized carbons (Fsp3) is 0.154. The SMILES string of the molecule is ClCc1cnc(Cl)c(Cl)c1.N#CCc1cnc(Cl)c(Cl)c1.P. The van der Waals surface area contributed by atoms with Crippen LogP contribution in [0.2, 0.25) is 20.4 Å². The molecule has 2 rings (SSSR count). The van der Waals surface area contributed by atoms with Gasteiger partial charge >= 0.3 is 0 Å². The molecule has 0 saturated heterocycles. The highest BCUT2D eigenvalue weighted by atomic mass is 35.5. The van der Waals surface area contributed by atoms with E-state index in [1.807, 2.05) is 6.07 Å². The first-order chi connectivity index (χ1) is 9.97. The van der Waals surface area contributed by atoms with Crippen LogP contribution in [0.5, 0.6) is 0 Å². The number of alkyl halides is 1. The lowest BCUT2D eigenvalue weighted by atomic mass is 10.2. The van der Waals surface area contributed by atoms with Crippen LogP contribution in [-0.4, -0.2) is 9.97 Å². The van der Waals surface area contributed by atoms with E-state index in [0.717, 1.165) is 11.1 Å². The summed E-state index contributed by atoms with van der Waals surface area (Å²) in [5.41, 5.74) is 1.65. The van der Waals surface area contributed by atoms with Crippen LogP contribution in [0.1, 0.15) is 11.1 Å². The molecule has 118 valence electrons. The van der Waals surface area contributed by atoms with Crippen molar-refractivity contribution in [3.05, 3.63) is 56.0 Å². The molecular weight excluding hydrogens is 406 g/mol.